The van der Waals surface area contributed by atoms with Gasteiger partial charge in [-0.3, -0.25) is 4.68 Å². The number of nitriles is 1. The Labute approximate surface area is 154 Å². The van der Waals surface area contributed by atoms with E-state index in [1.165, 1.54) is 12.1 Å². The second-order valence-electron chi connectivity index (χ2n) is 5.85. The number of rotatable bonds is 4. The number of aryl methyl sites for hydroxylation is 1. The summed E-state index contributed by atoms with van der Waals surface area (Å²) in [4.78, 5) is 9.02. The summed E-state index contributed by atoms with van der Waals surface area (Å²) in [7, 11) is 1.79. The van der Waals surface area contributed by atoms with Gasteiger partial charge in [-0.2, -0.15) is 20.3 Å². The SMILES string of the molecule is Cn1ncc2c(Nc3ccc(F)cc3)nc(Nc3cccc(C#N)c3)nc21. The molecule has 0 radical (unpaired) electrons. The molecular weight excluding hydrogens is 345 g/mol. The largest absolute Gasteiger partial charge is 0.339 e. The molecule has 0 spiro atoms. The van der Waals surface area contributed by atoms with Gasteiger partial charge < -0.3 is 10.6 Å². The highest BCUT2D eigenvalue weighted by atomic mass is 19.1. The Hall–Kier alpha value is -3.99. The predicted octanol–water partition coefficient (Wildman–Crippen LogP) is 3.86. The number of anilines is 4. The zero-order valence-electron chi connectivity index (χ0n) is 14.3. The molecule has 0 aliphatic carbocycles. The quantitative estimate of drug-likeness (QED) is 0.575. The van der Waals surface area contributed by atoms with Crippen LogP contribution in [0, 0.1) is 17.1 Å². The van der Waals surface area contributed by atoms with Gasteiger partial charge in [0.1, 0.15) is 11.6 Å². The van der Waals surface area contributed by atoms with Gasteiger partial charge in [0.05, 0.1) is 23.2 Å². The highest BCUT2D eigenvalue weighted by molar-refractivity contribution is 5.89. The molecule has 132 valence electrons. The number of benzene rings is 2. The van der Waals surface area contributed by atoms with Crippen molar-refractivity contribution in [2.75, 3.05) is 10.6 Å². The Morgan fingerprint density at radius 3 is 2.63 bits per heavy atom. The number of fused-ring (bicyclic) bond motifs is 1. The van der Waals surface area contributed by atoms with Crippen LogP contribution in [0.4, 0.5) is 27.5 Å². The van der Waals surface area contributed by atoms with Gasteiger partial charge in [0.25, 0.3) is 0 Å². The summed E-state index contributed by atoms with van der Waals surface area (Å²) in [6, 6.07) is 15.1. The molecule has 0 aliphatic rings. The first-order valence-electron chi connectivity index (χ1n) is 8.12. The number of halogens is 1. The van der Waals surface area contributed by atoms with Crippen molar-refractivity contribution in [2.45, 2.75) is 0 Å². The predicted molar refractivity (Wildman–Crippen MR) is 100 cm³/mol. The summed E-state index contributed by atoms with van der Waals surface area (Å²) in [5.74, 6) is 0.582. The van der Waals surface area contributed by atoms with E-state index < -0.39 is 0 Å². The van der Waals surface area contributed by atoms with Crippen LogP contribution < -0.4 is 10.6 Å². The molecule has 0 saturated heterocycles. The van der Waals surface area contributed by atoms with Crippen LogP contribution in [0.5, 0.6) is 0 Å². The van der Waals surface area contributed by atoms with Crippen molar-refractivity contribution >= 4 is 34.2 Å². The molecule has 7 nitrogen and oxygen atoms in total. The highest BCUT2D eigenvalue weighted by Gasteiger charge is 2.12. The fourth-order valence-corrected chi connectivity index (χ4v) is 2.64. The molecule has 4 rings (SSSR count). The molecule has 2 heterocycles. The summed E-state index contributed by atoms with van der Waals surface area (Å²) in [6.45, 7) is 0. The first-order valence-corrected chi connectivity index (χ1v) is 8.12. The average molecular weight is 359 g/mol. The number of hydrogen-bond acceptors (Lipinski definition) is 6. The number of aromatic nitrogens is 4. The number of nitrogens with zero attached hydrogens (tertiary/aromatic N) is 5. The molecule has 0 atom stereocenters. The first kappa shape index (κ1) is 16.5. The van der Waals surface area contributed by atoms with E-state index in [4.69, 9.17) is 5.26 Å². The normalized spacial score (nSPS) is 10.6. The van der Waals surface area contributed by atoms with Crippen LogP contribution >= 0.6 is 0 Å². The fraction of sp³-hybridized carbons (Fsp3) is 0.0526. The second kappa shape index (κ2) is 6.72. The molecule has 0 amide bonds. The van der Waals surface area contributed by atoms with Crippen molar-refractivity contribution in [2.24, 2.45) is 7.05 Å². The van der Waals surface area contributed by atoms with Crippen LogP contribution in [0.2, 0.25) is 0 Å². The topological polar surface area (TPSA) is 91.5 Å². The minimum Gasteiger partial charge on any atom is -0.339 e. The first-order chi connectivity index (χ1) is 13.1. The van der Waals surface area contributed by atoms with Crippen molar-refractivity contribution in [3.8, 4) is 6.07 Å². The maximum atomic E-state index is 13.2. The zero-order chi connectivity index (χ0) is 18.8. The summed E-state index contributed by atoms with van der Waals surface area (Å²) in [6.07, 6.45) is 1.67. The Bertz CT molecular complexity index is 1160. The van der Waals surface area contributed by atoms with Crippen LogP contribution in [0.25, 0.3) is 11.0 Å². The third-order valence-electron chi connectivity index (χ3n) is 3.95. The lowest BCUT2D eigenvalue weighted by Crippen LogP contribution is -2.03. The van der Waals surface area contributed by atoms with Crippen molar-refractivity contribution in [3.05, 3.63) is 66.1 Å². The molecule has 0 saturated carbocycles. The third kappa shape index (κ3) is 3.39. The van der Waals surface area contributed by atoms with E-state index >= 15 is 0 Å². The van der Waals surface area contributed by atoms with Gasteiger partial charge in [0, 0.05) is 18.4 Å². The summed E-state index contributed by atoms with van der Waals surface area (Å²) >= 11 is 0. The monoisotopic (exact) mass is 359 g/mol. The maximum absolute atomic E-state index is 13.2. The van der Waals surface area contributed by atoms with Crippen molar-refractivity contribution < 1.29 is 4.39 Å². The van der Waals surface area contributed by atoms with Crippen LogP contribution in [-0.2, 0) is 7.05 Å². The van der Waals surface area contributed by atoms with Gasteiger partial charge in [-0.15, -0.1) is 0 Å². The van der Waals surface area contributed by atoms with Gasteiger partial charge in [-0.1, -0.05) is 6.07 Å². The Kier molecular flexibility index (Phi) is 4.10. The molecule has 0 fully saturated rings. The zero-order valence-corrected chi connectivity index (χ0v) is 14.3. The number of nitrogens with one attached hydrogen (secondary N) is 2. The lowest BCUT2D eigenvalue weighted by molar-refractivity contribution is 0.628. The van der Waals surface area contributed by atoms with Crippen LogP contribution in [0.1, 0.15) is 5.56 Å². The molecular formula is C19H14FN7. The Morgan fingerprint density at radius 1 is 1.04 bits per heavy atom. The van der Waals surface area contributed by atoms with Gasteiger partial charge in [-0.05, 0) is 42.5 Å². The maximum Gasteiger partial charge on any atom is 0.231 e. The second-order valence-corrected chi connectivity index (χ2v) is 5.85. The molecule has 8 heteroatoms. The Balaban J connectivity index is 1.74. The minimum absolute atomic E-state index is 0.311. The molecule has 0 aliphatic heterocycles. The van der Waals surface area contributed by atoms with Crippen molar-refractivity contribution in [1.29, 1.82) is 5.26 Å². The summed E-state index contributed by atoms with van der Waals surface area (Å²) < 4.78 is 14.8. The van der Waals surface area contributed by atoms with Crippen LogP contribution in [0.3, 0.4) is 0 Å². The fourth-order valence-electron chi connectivity index (χ4n) is 2.64. The van der Waals surface area contributed by atoms with Gasteiger partial charge in [0.15, 0.2) is 5.65 Å². The molecule has 2 N–H and O–H groups in total. The Morgan fingerprint density at radius 2 is 1.85 bits per heavy atom. The van der Waals surface area contributed by atoms with E-state index in [0.29, 0.717) is 34.4 Å². The van der Waals surface area contributed by atoms with E-state index in [2.05, 4.69) is 31.8 Å². The molecule has 0 bridgehead atoms. The number of hydrogen-bond donors (Lipinski definition) is 2. The van der Waals surface area contributed by atoms with Gasteiger partial charge in [-0.25, -0.2) is 4.39 Å². The van der Waals surface area contributed by atoms with E-state index in [1.807, 2.05) is 6.07 Å². The lowest BCUT2D eigenvalue weighted by atomic mass is 10.2. The average Bonchev–Trinajstić information content (AvgIpc) is 3.05. The van der Waals surface area contributed by atoms with Crippen LogP contribution in [-0.4, -0.2) is 19.7 Å². The van der Waals surface area contributed by atoms with Gasteiger partial charge >= 0.3 is 0 Å². The van der Waals surface area contributed by atoms with E-state index in [9.17, 15) is 4.39 Å². The summed E-state index contributed by atoms with van der Waals surface area (Å²) in [5, 5.41) is 20.3. The smallest absolute Gasteiger partial charge is 0.231 e. The summed E-state index contributed by atoms with van der Waals surface area (Å²) in [5.41, 5.74) is 2.56. The van der Waals surface area contributed by atoms with Crippen molar-refractivity contribution in [3.63, 3.8) is 0 Å². The molecule has 4 aromatic rings. The molecule has 2 aromatic carbocycles. The highest BCUT2D eigenvalue weighted by Crippen LogP contribution is 2.26. The molecule has 2 aromatic heterocycles. The van der Waals surface area contributed by atoms with E-state index in [1.54, 1.807) is 48.3 Å². The van der Waals surface area contributed by atoms with E-state index in [-0.39, 0.29) is 5.82 Å². The minimum atomic E-state index is -0.311. The third-order valence-corrected chi connectivity index (χ3v) is 3.95. The molecule has 27 heavy (non-hydrogen) atoms. The van der Waals surface area contributed by atoms with Crippen LogP contribution in [0.15, 0.2) is 54.7 Å². The van der Waals surface area contributed by atoms with Gasteiger partial charge in [0.2, 0.25) is 5.95 Å². The molecule has 0 unspecified atom stereocenters. The van der Waals surface area contributed by atoms with E-state index in [0.717, 1.165) is 5.39 Å². The van der Waals surface area contributed by atoms with Crippen molar-refractivity contribution in [1.82, 2.24) is 19.7 Å². The standard InChI is InChI=1S/C19H14FN7/c1-27-18-16(11-22-27)17(23-14-7-5-13(20)6-8-14)25-19(26-18)24-15-4-2-3-12(9-15)10-21/h2-9,11H,1H3,(H2,23,24,25,26). The lowest BCUT2D eigenvalue weighted by Gasteiger charge is -2.10.